The van der Waals surface area contributed by atoms with Gasteiger partial charge in [-0.3, -0.25) is 9.59 Å². The topological polar surface area (TPSA) is 146 Å². The minimum Gasteiger partial charge on any atom is -0.508 e. The molecule has 0 spiro atoms. The Hall–Kier alpha value is -3.36. The van der Waals surface area contributed by atoms with Gasteiger partial charge in [0.2, 0.25) is 11.8 Å². The Bertz CT molecular complexity index is 1060. The molecule has 1 aromatic heterocycles. The Morgan fingerprint density at radius 2 is 1.81 bits per heavy atom. The van der Waals surface area contributed by atoms with Crippen molar-refractivity contribution in [1.82, 2.24) is 10.6 Å². The number of aryl methyl sites for hydroxylation is 2. The lowest BCUT2D eigenvalue weighted by Crippen LogP contribution is -2.48. The van der Waals surface area contributed by atoms with Gasteiger partial charge in [-0.2, -0.15) is 0 Å². The van der Waals surface area contributed by atoms with Gasteiger partial charge >= 0.3 is 11.6 Å². The fraction of sp³-hybridized carbons (Fsp3) is 0.455. The average Bonchev–Trinajstić information content (AvgIpc) is 2.72. The predicted molar refractivity (Wildman–Crippen MR) is 114 cm³/mol. The van der Waals surface area contributed by atoms with E-state index in [0.717, 1.165) is 0 Å². The summed E-state index contributed by atoms with van der Waals surface area (Å²) in [5, 5.41) is 24.5. The molecule has 0 radical (unpaired) electrons. The second kappa shape index (κ2) is 10.1. The minimum atomic E-state index is -1.13. The van der Waals surface area contributed by atoms with Crippen LogP contribution in [0.2, 0.25) is 0 Å². The molecule has 1 heterocycles. The largest absolute Gasteiger partial charge is 0.508 e. The number of amides is 2. The SMILES string of the molecule is CC[C@@H](C)[C@H](NC(=O)CNC(=O)CCc1c(C)c2ccc(O)c(C)c2oc1=O)C(=O)O. The maximum absolute atomic E-state index is 12.4. The Morgan fingerprint density at radius 3 is 2.42 bits per heavy atom. The van der Waals surface area contributed by atoms with E-state index in [0.29, 0.717) is 34.1 Å². The molecular weight excluding hydrogens is 404 g/mol. The first-order valence-corrected chi connectivity index (χ1v) is 10.1. The number of hydrogen-bond donors (Lipinski definition) is 4. The van der Waals surface area contributed by atoms with Gasteiger partial charge in [-0.25, -0.2) is 9.59 Å². The van der Waals surface area contributed by atoms with Crippen molar-refractivity contribution in [3.8, 4) is 5.75 Å². The second-order valence-electron chi connectivity index (χ2n) is 7.63. The van der Waals surface area contributed by atoms with E-state index in [2.05, 4.69) is 10.6 Å². The van der Waals surface area contributed by atoms with Crippen LogP contribution in [0, 0.1) is 19.8 Å². The van der Waals surface area contributed by atoms with E-state index in [4.69, 9.17) is 4.42 Å². The molecule has 9 nitrogen and oxygen atoms in total. The number of benzene rings is 1. The fourth-order valence-corrected chi connectivity index (χ4v) is 3.28. The van der Waals surface area contributed by atoms with Gasteiger partial charge in [-0.1, -0.05) is 20.3 Å². The van der Waals surface area contributed by atoms with Crippen LogP contribution in [0.5, 0.6) is 5.75 Å². The monoisotopic (exact) mass is 432 g/mol. The molecule has 0 aliphatic carbocycles. The Kier molecular flexibility index (Phi) is 7.79. The summed E-state index contributed by atoms with van der Waals surface area (Å²) in [5.74, 6) is -2.41. The van der Waals surface area contributed by atoms with Crippen LogP contribution in [0.3, 0.4) is 0 Å². The van der Waals surface area contributed by atoms with E-state index in [9.17, 15) is 29.4 Å². The number of phenolic OH excluding ortho intramolecular Hbond substituents is 1. The molecule has 0 bridgehead atoms. The number of hydrogen-bond acceptors (Lipinski definition) is 6. The molecule has 0 saturated carbocycles. The maximum Gasteiger partial charge on any atom is 0.339 e. The summed E-state index contributed by atoms with van der Waals surface area (Å²) in [6.45, 7) is 6.58. The van der Waals surface area contributed by atoms with Crippen molar-refractivity contribution in [3.63, 3.8) is 0 Å². The van der Waals surface area contributed by atoms with Crippen molar-refractivity contribution in [2.24, 2.45) is 5.92 Å². The number of nitrogens with one attached hydrogen (secondary N) is 2. The fourth-order valence-electron chi connectivity index (χ4n) is 3.28. The van der Waals surface area contributed by atoms with Crippen LogP contribution < -0.4 is 16.3 Å². The van der Waals surface area contributed by atoms with E-state index < -0.39 is 29.5 Å². The highest BCUT2D eigenvalue weighted by Gasteiger charge is 2.25. The zero-order chi connectivity index (χ0) is 23.3. The molecule has 1 aromatic carbocycles. The van der Waals surface area contributed by atoms with Crippen molar-refractivity contribution in [1.29, 1.82) is 0 Å². The molecule has 2 rings (SSSR count). The standard InChI is InChI=1S/C22H28N2O7/c1-5-11(2)19(21(28)29)24-18(27)10-23-17(26)9-7-15-12(3)14-6-8-16(25)13(4)20(14)31-22(15)30/h6,8,11,19,25H,5,7,9-10H2,1-4H3,(H,23,26)(H,24,27)(H,28,29)/t11-,19+/m1/s1. The third kappa shape index (κ3) is 5.62. The zero-order valence-electron chi connectivity index (χ0n) is 18.1. The minimum absolute atomic E-state index is 0.0268. The van der Waals surface area contributed by atoms with E-state index in [1.165, 1.54) is 6.07 Å². The first kappa shape index (κ1) is 23.9. The van der Waals surface area contributed by atoms with Gasteiger partial charge in [0.15, 0.2) is 0 Å². The molecular formula is C22H28N2O7. The van der Waals surface area contributed by atoms with Crippen LogP contribution in [0.25, 0.3) is 11.0 Å². The summed E-state index contributed by atoms with van der Waals surface area (Å²) in [6.07, 6.45) is 0.647. The lowest BCUT2D eigenvalue weighted by atomic mass is 9.99. The van der Waals surface area contributed by atoms with Crippen LogP contribution in [-0.2, 0) is 20.8 Å². The highest BCUT2D eigenvalue weighted by Crippen LogP contribution is 2.28. The quantitative estimate of drug-likeness (QED) is 0.442. The molecule has 4 N–H and O–H groups in total. The van der Waals surface area contributed by atoms with Crippen LogP contribution in [0.1, 0.15) is 43.4 Å². The van der Waals surface area contributed by atoms with Crippen LogP contribution in [-0.4, -0.2) is 40.6 Å². The van der Waals surface area contributed by atoms with E-state index >= 15 is 0 Å². The Labute approximate surface area is 179 Å². The summed E-state index contributed by atoms with van der Waals surface area (Å²) in [6, 6.07) is 2.14. The highest BCUT2D eigenvalue weighted by atomic mass is 16.4. The van der Waals surface area contributed by atoms with E-state index in [1.807, 2.05) is 6.92 Å². The van der Waals surface area contributed by atoms with Gasteiger partial charge in [0.05, 0.1) is 6.54 Å². The van der Waals surface area contributed by atoms with E-state index in [1.54, 1.807) is 26.8 Å². The van der Waals surface area contributed by atoms with Crippen molar-refractivity contribution in [2.75, 3.05) is 6.54 Å². The molecule has 0 saturated heterocycles. The number of carboxylic acids is 1. The molecule has 9 heteroatoms. The van der Waals surface area contributed by atoms with Gasteiger partial charge in [0, 0.05) is 22.9 Å². The van der Waals surface area contributed by atoms with Crippen LogP contribution >= 0.6 is 0 Å². The van der Waals surface area contributed by atoms with Gasteiger partial charge in [0.25, 0.3) is 0 Å². The summed E-state index contributed by atoms with van der Waals surface area (Å²) in [7, 11) is 0. The molecule has 0 fully saturated rings. The first-order chi connectivity index (χ1) is 14.6. The van der Waals surface area contributed by atoms with Crippen molar-refractivity contribution >= 4 is 28.8 Å². The van der Waals surface area contributed by atoms with Gasteiger partial charge in [-0.15, -0.1) is 0 Å². The zero-order valence-corrected chi connectivity index (χ0v) is 18.1. The van der Waals surface area contributed by atoms with Gasteiger partial charge in [-0.05, 0) is 43.9 Å². The lowest BCUT2D eigenvalue weighted by Gasteiger charge is -2.20. The normalized spacial score (nSPS) is 12.9. The van der Waals surface area contributed by atoms with Crippen LogP contribution in [0.15, 0.2) is 21.3 Å². The summed E-state index contributed by atoms with van der Waals surface area (Å²) >= 11 is 0. The Balaban J connectivity index is 1.99. The third-order valence-electron chi connectivity index (χ3n) is 5.52. The molecule has 168 valence electrons. The van der Waals surface area contributed by atoms with Crippen molar-refractivity contribution in [2.45, 2.75) is 53.0 Å². The first-order valence-electron chi connectivity index (χ1n) is 10.1. The maximum atomic E-state index is 12.4. The smallest absolute Gasteiger partial charge is 0.339 e. The molecule has 0 aliphatic heterocycles. The Morgan fingerprint density at radius 1 is 1.13 bits per heavy atom. The summed E-state index contributed by atoms with van der Waals surface area (Å²) in [4.78, 5) is 47.8. The van der Waals surface area contributed by atoms with Gasteiger partial charge in [0.1, 0.15) is 17.4 Å². The number of fused-ring (bicyclic) bond motifs is 1. The lowest BCUT2D eigenvalue weighted by molar-refractivity contribution is -0.143. The molecule has 0 unspecified atom stereocenters. The van der Waals surface area contributed by atoms with Crippen molar-refractivity contribution in [3.05, 3.63) is 39.2 Å². The van der Waals surface area contributed by atoms with Crippen LogP contribution in [0.4, 0.5) is 0 Å². The summed E-state index contributed by atoms with van der Waals surface area (Å²) in [5.41, 5.74) is 1.20. The number of aliphatic carboxylic acids is 1. The average molecular weight is 432 g/mol. The molecule has 2 atom stereocenters. The van der Waals surface area contributed by atoms with E-state index in [-0.39, 0.29) is 31.1 Å². The number of rotatable bonds is 9. The predicted octanol–water partition coefficient (Wildman–Crippen LogP) is 1.78. The number of phenols is 1. The highest BCUT2D eigenvalue weighted by molar-refractivity contribution is 5.88. The van der Waals surface area contributed by atoms with Gasteiger partial charge < -0.3 is 25.3 Å². The molecule has 31 heavy (non-hydrogen) atoms. The summed E-state index contributed by atoms with van der Waals surface area (Å²) < 4.78 is 5.35. The molecule has 0 aliphatic rings. The van der Waals surface area contributed by atoms with Crippen molar-refractivity contribution < 1.29 is 29.0 Å². The molecule has 2 amide bonds. The number of carbonyl (C=O) groups excluding carboxylic acids is 2. The second-order valence-corrected chi connectivity index (χ2v) is 7.63. The molecule has 2 aromatic rings. The third-order valence-corrected chi connectivity index (χ3v) is 5.52. The number of carbonyl (C=O) groups is 3. The number of aromatic hydroxyl groups is 1. The number of carboxylic acid groups (broad SMARTS) is 1.